The number of benzene rings is 1. The highest BCUT2D eigenvalue weighted by molar-refractivity contribution is 7.89. The van der Waals surface area contributed by atoms with E-state index in [2.05, 4.69) is 4.72 Å². The lowest BCUT2D eigenvalue weighted by Crippen LogP contribution is -2.49. The average molecular weight is 286 g/mol. The Balaban J connectivity index is 2.79. The van der Waals surface area contributed by atoms with E-state index in [1.165, 1.54) is 24.3 Å². The summed E-state index contributed by atoms with van der Waals surface area (Å²) in [6.07, 6.45) is 0.361. The minimum atomic E-state index is -3.62. The second kappa shape index (κ2) is 6.53. The van der Waals surface area contributed by atoms with Gasteiger partial charge in [0.15, 0.2) is 0 Å². The third-order valence-electron chi connectivity index (χ3n) is 2.46. The van der Waals surface area contributed by atoms with Gasteiger partial charge in [-0.3, -0.25) is 0 Å². The standard InChI is InChI=1S/C12H17NO5S/c1-2-7-19(17,18)13-11(12(15)16)8-9-3-5-10(14)6-4-9/h3-6,11,13-14H,2,7-8H2,1H3,(H,15,16)/p-1. The minimum Gasteiger partial charge on any atom is -0.548 e. The molecule has 0 aliphatic heterocycles. The van der Waals surface area contributed by atoms with Crippen LogP contribution >= 0.6 is 0 Å². The van der Waals surface area contributed by atoms with Crippen molar-refractivity contribution in [3.05, 3.63) is 29.8 Å². The maximum atomic E-state index is 11.5. The number of carbonyl (C=O) groups is 1. The van der Waals surface area contributed by atoms with Crippen molar-refractivity contribution in [2.24, 2.45) is 0 Å². The number of phenolic OH excluding ortho intramolecular Hbond substituents is 1. The van der Waals surface area contributed by atoms with Crippen molar-refractivity contribution in [1.82, 2.24) is 4.72 Å². The van der Waals surface area contributed by atoms with Crippen molar-refractivity contribution in [3.63, 3.8) is 0 Å². The van der Waals surface area contributed by atoms with E-state index >= 15 is 0 Å². The number of aromatic hydroxyl groups is 1. The van der Waals surface area contributed by atoms with Crippen LogP contribution in [0.25, 0.3) is 0 Å². The van der Waals surface area contributed by atoms with E-state index < -0.39 is 22.0 Å². The molecule has 0 amide bonds. The highest BCUT2D eigenvalue weighted by atomic mass is 32.2. The van der Waals surface area contributed by atoms with Crippen LogP contribution in [0.2, 0.25) is 0 Å². The smallest absolute Gasteiger partial charge is 0.212 e. The largest absolute Gasteiger partial charge is 0.548 e. The van der Waals surface area contributed by atoms with E-state index in [9.17, 15) is 18.3 Å². The van der Waals surface area contributed by atoms with Gasteiger partial charge >= 0.3 is 0 Å². The molecular formula is C12H16NO5S-. The zero-order valence-electron chi connectivity index (χ0n) is 10.5. The Morgan fingerprint density at radius 3 is 2.42 bits per heavy atom. The fourth-order valence-electron chi connectivity index (χ4n) is 1.59. The van der Waals surface area contributed by atoms with E-state index in [1.54, 1.807) is 6.92 Å². The zero-order chi connectivity index (χ0) is 14.5. The number of aliphatic carboxylic acids is 1. The average Bonchev–Trinajstić information content (AvgIpc) is 2.30. The van der Waals surface area contributed by atoms with Crippen molar-refractivity contribution in [3.8, 4) is 5.75 Å². The second-order valence-corrected chi connectivity index (χ2v) is 6.05. The number of carboxylic acid groups (broad SMARTS) is 1. The molecule has 0 bridgehead atoms. The SMILES string of the molecule is CCCS(=O)(=O)NC(Cc1ccc(O)cc1)C(=O)[O-]. The number of carbonyl (C=O) groups excluding carboxylic acids is 1. The number of hydrogen-bond donors (Lipinski definition) is 2. The Morgan fingerprint density at radius 1 is 1.37 bits per heavy atom. The zero-order valence-corrected chi connectivity index (χ0v) is 11.3. The third kappa shape index (κ3) is 5.27. The molecule has 2 N–H and O–H groups in total. The molecule has 0 aliphatic carbocycles. The molecule has 0 aliphatic rings. The second-order valence-electron chi connectivity index (χ2n) is 4.18. The summed E-state index contributed by atoms with van der Waals surface area (Å²) in [7, 11) is -3.62. The van der Waals surface area contributed by atoms with Gasteiger partial charge in [0.2, 0.25) is 10.0 Å². The Labute approximate surface area is 112 Å². The summed E-state index contributed by atoms with van der Waals surface area (Å²) in [5.74, 6) is -1.56. The molecule has 1 atom stereocenters. The Morgan fingerprint density at radius 2 is 1.95 bits per heavy atom. The number of sulfonamides is 1. The fourth-order valence-corrected chi connectivity index (χ4v) is 2.85. The van der Waals surface area contributed by atoms with Gasteiger partial charge in [-0.25, -0.2) is 13.1 Å². The number of nitrogens with one attached hydrogen (secondary N) is 1. The van der Waals surface area contributed by atoms with Crippen LogP contribution < -0.4 is 9.83 Å². The first kappa shape index (κ1) is 15.5. The van der Waals surface area contributed by atoms with Gasteiger partial charge < -0.3 is 15.0 Å². The summed E-state index contributed by atoms with van der Waals surface area (Å²) in [6.45, 7) is 1.69. The molecular weight excluding hydrogens is 270 g/mol. The van der Waals surface area contributed by atoms with Gasteiger partial charge in [0, 0.05) is 0 Å². The van der Waals surface area contributed by atoms with Gasteiger partial charge in [0.05, 0.1) is 17.8 Å². The first-order valence-electron chi connectivity index (χ1n) is 5.83. The van der Waals surface area contributed by atoms with Crippen LogP contribution in [0.5, 0.6) is 5.75 Å². The van der Waals surface area contributed by atoms with Gasteiger partial charge in [0.1, 0.15) is 5.75 Å². The number of carboxylic acids is 1. The van der Waals surface area contributed by atoms with Crippen molar-refractivity contribution in [2.45, 2.75) is 25.8 Å². The van der Waals surface area contributed by atoms with Crippen LogP contribution in [-0.4, -0.2) is 31.3 Å². The summed E-state index contributed by atoms with van der Waals surface area (Å²) in [5.41, 5.74) is 0.589. The van der Waals surface area contributed by atoms with E-state index in [4.69, 9.17) is 5.11 Å². The van der Waals surface area contributed by atoms with Crippen LogP contribution in [0.3, 0.4) is 0 Å². The molecule has 0 spiro atoms. The molecule has 19 heavy (non-hydrogen) atoms. The first-order chi connectivity index (χ1) is 8.84. The Bertz CT molecular complexity index is 524. The molecule has 0 radical (unpaired) electrons. The van der Waals surface area contributed by atoms with Gasteiger partial charge in [-0.2, -0.15) is 0 Å². The summed E-state index contributed by atoms with van der Waals surface area (Å²) >= 11 is 0. The van der Waals surface area contributed by atoms with Crippen molar-refractivity contribution >= 4 is 16.0 Å². The maximum absolute atomic E-state index is 11.5. The number of rotatable bonds is 7. The lowest BCUT2D eigenvalue weighted by Gasteiger charge is -2.19. The molecule has 1 aromatic carbocycles. The van der Waals surface area contributed by atoms with Crippen LogP contribution in [0.1, 0.15) is 18.9 Å². The van der Waals surface area contributed by atoms with E-state index in [-0.39, 0.29) is 17.9 Å². The molecule has 0 fully saturated rings. The minimum absolute atomic E-state index is 0.0362. The van der Waals surface area contributed by atoms with Gasteiger partial charge in [-0.1, -0.05) is 19.1 Å². The Kier molecular flexibility index (Phi) is 5.31. The first-order valence-corrected chi connectivity index (χ1v) is 7.48. The third-order valence-corrected chi connectivity index (χ3v) is 4.04. The lowest BCUT2D eigenvalue weighted by atomic mass is 10.1. The van der Waals surface area contributed by atoms with E-state index in [0.717, 1.165) is 0 Å². The molecule has 7 heteroatoms. The normalized spacial score (nSPS) is 13.1. The molecule has 6 nitrogen and oxygen atoms in total. The van der Waals surface area contributed by atoms with Crippen LogP contribution in [0, 0.1) is 0 Å². The molecule has 0 aromatic heterocycles. The maximum Gasteiger partial charge on any atom is 0.212 e. The van der Waals surface area contributed by atoms with Crippen molar-refractivity contribution < 1.29 is 23.4 Å². The van der Waals surface area contributed by atoms with E-state index in [0.29, 0.717) is 12.0 Å². The summed E-state index contributed by atoms with van der Waals surface area (Å²) in [5, 5.41) is 20.1. The molecule has 0 saturated heterocycles. The highest BCUT2D eigenvalue weighted by Gasteiger charge is 2.18. The van der Waals surface area contributed by atoms with Crippen molar-refractivity contribution in [2.75, 3.05) is 5.75 Å². The molecule has 0 saturated carbocycles. The van der Waals surface area contributed by atoms with Crippen LogP contribution in [-0.2, 0) is 21.2 Å². The predicted octanol–water partition coefficient (Wildman–Crippen LogP) is -0.617. The topological polar surface area (TPSA) is 107 Å². The molecule has 1 rings (SSSR count). The van der Waals surface area contributed by atoms with Gasteiger partial charge in [0.25, 0.3) is 0 Å². The van der Waals surface area contributed by atoms with Crippen LogP contribution in [0.15, 0.2) is 24.3 Å². The summed E-state index contributed by atoms with van der Waals surface area (Å²) in [6, 6.07) is 4.55. The monoisotopic (exact) mass is 286 g/mol. The predicted molar refractivity (Wildman–Crippen MR) is 67.8 cm³/mol. The number of phenols is 1. The lowest BCUT2D eigenvalue weighted by molar-refractivity contribution is -0.307. The quantitative estimate of drug-likeness (QED) is 0.695. The summed E-state index contributed by atoms with van der Waals surface area (Å²) < 4.78 is 25.2. The molecule has 1 unspecified atom stereocenters. The van der Waals surface area contributed by atoms with E-state index in [1.807, 2.05) is 0 Å². The number of hydrogen-bond acceptors (Lipinski definition) is 5. The van der Waals surface area contributed by atoms with Gasteiger partial charge in [-0.15, -0.1) is 0 Å². The van der Waals surface area contributed by atoms with Crippen molar-refractivity contribution in [1.29, 1.82) is 0 Å². The molecule has 106 valence electrons. The highest BCUT2D eigenvalue weighted by Crippen LogP contribution is 2.11. The summed E-state index contributed by atoms with van der Waals surface area (Å²) in [4.78, 5) is 11.0. The fraction of sp³-hybridized carbons (Fsp3) is 0.417. The molecule has 0 heterocycles. The Hall–Kier alpha value is -1.60. The van der Waals surface area contributed by atoms with Gasteiger partial charge in [-0.05, 0) is 30.5 Å². The van der Waals surface area contributed by atoms with Crippen LogP contribution in [0.4, 0.5) is 0 Å². The molecule has 1 aromatic rings.